The van der Waals surface area contributed by atoms with Crippen molar-refractivity contribution < 1.29 is 5.11 Å². The molecule has 0 atom stereocenters. The van der Waals surface area contributed by atoms with Crippen molar-refractivity contribution in [2.75, 3.05) is 0 Å². The maximum Gasteiger partial charge on any atom is 0.102 e. The van der Waals surface area contributed by atoms with E-state index in [9.17, 15) is 5.11 Å². The van der Waals surface area contributed by atoms with Gasteiger partial charge in [-0.05, 0) is 24.3 Å². The summed E-state index contributed by atoms with van der Waals surface area (Å²) in [5, 5.41) is 10.5. The lowest BCUT2D eigenvalue weighted by atomic mass is 10.2. The van der Waals surface area contributed by atoms with Crippen molar-refractivity contribution >= 4 is 22.9 Å². The van der Waals surface area contributed by atoms with Crippen LogP contribution in [0.1, 0.15) is 5.69 Å². The predicted molar refractivity (Wildman–Crippen MR) is 75.6 cm³/mol. The Kier molecular flexibility index (Phi) is 3.33. The van der Waals surface area contributed by atoms with Gasteiger partial charge in [-0.3, -0.25) is 9.55 Å². The molecule has 3 rings (SSSR count). The van der Waals surface area contributed by atoms with E-state index < -0.39 is 0 Å². The topological polar surface area (TPSA) is 50.9 Å². The van der Waals surface area contributed by atoms with E-state index in [0.29, 0.717) is 4.34 Å². The molecule has 0 aromatic carbocycles. The van der Waals surface area contributed by atoms with Gasteiger partial charge in [0.1, 0.15) is 11.3 Å². The molecule has 0 bridgehead atoms. The number of hydrogen-bond donors (Lipinski definition) is 1. The van der Waals surface area contributed by atoms with Crippen molar-refractivity contribution in [1.82, 2.24) is 14.5 Å². The van der Waals surface area contributed by atoms with Gasteiger partial charge in [0.05, 0.1) is 22.3 Å². The second-order valence-electron chi connectivity index (χ2n) is 3.89. The van der Waals surface area contributed by atoms with Crippen LogP contribution in [0.3, 0.4) is 0 Å². The molecule has 96 valence electrons. The quantitative estimate of drug-likeness (QED) is 0.806. The van der Waals surface area contributed by atoms with Crippen LogP contribution in [-0.2, 0) is 6.61 Å². The van der Waals surface area contributed by atoms with E-state index in [1.165, 1.54) is 11.3 Å². The van der Waals surface area contributed by atoms with E-state index in [-0.39, 0.29) is 6.61 Å². The number of imidazole rings is 1. The van der Waals surface area contributed by atoms with Crippen LogP contribution in [-0.4, -0.2) is 19.6 Å². The first-order chi connectivity index (χ1) is 9.29. The van der Waals surface area contributed by atoms with Crippen LogP contribution < -0.4 is 0 Å². The first kappa shape index (κ1) is 12.3. The van der Waals surface area contributed by atoms with Gasteiger partial charge in [0.25, 0.3) is 0 Å². The molecule has 4 nitrogen and oxygen atoms in total. The van der Waals surface area contributed by atoms with Gasteiger partial charge in [0.2, 0.25) is 0 Å². The summed E-state index contributed by atoms with van der Waals surface area (Å²) < 4.78 is 2.55. The van der Waals surface area contributed by atoms with Gasteiger partial charge in [-0.15, -0.1) is 11.3 Å². The molecule has 3 aromatic heterocycles. The van der Waals surface area contributed by atoms with Crippen LogP contribution in [0.2, 0.25) is 4.34 Å². The summed E-state index contributed by atoms with van der Waals surface area (Å²) >= 11 is 7.38. The minimum atomic E-state index is -0.0975. The van der Waals surface area contributed by atoms with Crippen LogP contribution in [0.4, 0.5) is 0 Å². The van der Waals surface area contributed by atoms with Gasteiger partial charge < -0.3 is 5.11 Å². The summed E-state index contributed by atoms with van der Waals surface area (Å²) in [6.07, 6.45) is 5.13. The Morgan fingerprint density at radius 3 is 2.84 bits per heavy atom. The zero-order chi connectivity index (χ0) is 13.2. The van der Waals surface area contributed by atoms with E-state index in [0.717, 1.165) is 22.0 Å². The van der Waals surface area contributed by atoms with Crippen LogP contribution >= 0.6 is 22.9 Å². The number of aliphatic hydroxyl groups is 1. The number of pyridine rings is 1. The summed E-state index contributed by atoms with van der Waals surface area (Å²) in [7, 11) is 0. The van der Waals surface area contributed by atoms with Gasteiger partial charge in [-0.1, -0.05) is 11.6 Å². The Hall–Kier alpha value is -1.69. The molecule has 0 saturated carbocycles. The molecule has 0 spiro atoms. The highest BCUT2D eigenvalue weighted by molar-refractivity contribution is 7.18. The molecule has 1 N–H and O–H groups in total. The van der Waals surface area contributed by atoms with Crippen LogP contribution in [0.5, 0.6) is 0 Å². The van der Waals surface area contributed by atoms with Crippen LogP contribution in [0.15, 0.2) is 43.0 Å². The minimum Gasteiger partial charge on any atom is -0.390 e. The van der Waals surface area contributed by atoms with Crippen molar-refractivity contribution in [3.8, 4) is 16.3 Å². The first-order valence-electron chi connectivity index (χ1n) is 5.63. The van der Waals surface area contributed by atoms with Crippen LogP contribution in [0, 0.1) is 0 Å². The molecule has 0 unspecified atom stereocenters. The maximum absolute atomic E-state index is 9.61. The normalized spacial score (nSPS) is 10.8. The Balaban J connectivity index is 2.12. The third kappa shape index (κ3) is 2.28. The Morgan fingerprint density at radius 2 is 2.21 bits per heavy atom. The molecule has 3 aromatic rings. The van der Waals surface area contributed by atoms with Crippen molar-refractivity contribution in [1.29, 1.82) is 0 Å². The van der Waals surface area contributed by atoms with Gasteiger partial charge >= 0.3 is 0 Å². The van der Waals surface area contributed by atoms with Crippen molar-refractivity contribution in [3.63, 3.8) is 0 Å². The molecule has 3 heterocycles. The molecule has 19 heavy (non-hydrogen) atoms. The fourth-order valence-electron chi connectivity index (χ4n) is 1.89. The molecule has 6 heteroatoms. The maximum atomic E-state index is 9.61. The van der Waals surface area contributed by atoms with E-state index in [2.05, 4.69) is 9.97 Å². The fraction of sp³-hybridized carbons (Fsp3) is 0.0769. The summed E-state index contributed by atoms with van der Waals surface area (Å²) in [5.41, 5.74) is 2.35. The number of hydrogen-bond acceptors (Lipinski definition) is 4. The molecule has 0 amide bonds. The Bertz CT molecular complexity index is 693. The summed E-state index contributed by atoms with van der Waals surface area (Å²) in [4.78, 5) is 8.44. The fourth-order valence-corrected chi connectivity index (χ4v) is 2.92. The lowest BCUT2D eigenvalue weighted by molar-refractivity contribution is 0.275. The number of thiophene rings is 1. The number of rotatable bonds is 3. The predicted octanol–water partition coefficient (Wildman–Crippen LogP) is 3.14. The number of aromatic nitrogens is 3. The molecule has 0 saturated heterocycles. The highest BCUT2D eigenvalue weighted by Gasteiger charge is 2.14. The zero-order valence-electron chi connectivity index (χ0n) is 9.82. The van der Waals surface area contributed by atoms with Gasteiger partial charge in [0, 0.05) is 18.0 Å². The monoisotopic (exact) mass is 291 g/mol. The minimum absolute atomic E-state index is 0.0975. The van der Waals surface area contributed by atoms with Gasteiger partial charge in [-0.2, -0.15) is 0 Å². The Labute approximate surface area is 119 Å². The van der Waals surface area contributed by atoms with Crippen molar-refractivity contribution in [2.24, 2.45) is 0 Å². The summed E-state index contributed by atoms with van der Waals surface area (Å²) in [6.45, 7) is -0.0975. The van der Waals surface area contributed by atoms with Gasteiger partial charge in [0.15, 0.2) is 0 Å². The van der Waals surface area contributed by atoms with E-state index >= 15 is 0 Å². The zero-order valence-corrected chi connectivity index (χ0v) is 11.4. The second kappa shape index (κ2) is 5.13. The molecule has 0 aliphatic rings. The van der Waals surface area contributed by atoms with Crippen molar-refractivity contribution in [3.05, 3.63) is 53.0 Å². The smallest absolute Gasteiger partial charge is 0.102 e. The second-order valence-corrected chi connectivity index (χ2v) is 5.58. The molecular formula is C13H10ClN3OS. The molecular weight excluding hydrogens is 282 g/mol. The molecule has 0 aliphatic heterocycles. The van der Waals surface area contributed by atoms with Gasteiger partial charge in [-0.25, -0.2) is 4.98 Å². The van der Waals surface area contributed by atoms with E-state index in [1.54, 1.807) is 18.7 Å². The lowest BCUT2D eigenvalue weighted by Crippen LogP contribution is -1.98. The molecule has 0 radical (unpaired) electrons. The first-order valence-corrected chi connectivity index (χ1v) is 6.82. The van der Waals surface area contributed by atoms with Crippen LogP contribution in [0.25, 0.3) is 16.3 Å². The van der Waals surface area contributed by atoms with Crippen molar-refractivity contribution in [2.45, 2.75) is 6.61 Å². The van der Waals surface area contributed by atoms with E-state index in [1.807, 2.05) is 28.8 Å². The number of halogens is 1. The van der Waals surface area contributed by atoms with E-state index in [4.69, 9.17) is 11.6 Å². The average molecular weight is 292 g/mol. The highest BCUT2D eigenvalue weighted by atomic mass is 35.5. The average Bonchev–Trinajstić information content (AvgIpc) is 3.05. The third-order valence-corrected chi connectivity index (χ3v) is 3.98. The number of aliphatic hydroxyl groups excluding tert-OH is 1. The largest absolute Gasteiger partial charge is 0.390 e. The SMILES string of the molecule is OCc1c(-c2cccnc2)ncn1-c1ccc(Cl)s1. The Morgan fingerprint density at radius 1 is 1.32 bits per heavy atom. The highest BCUT2D eigenvalue weighted by Crippen LogP contribution is 2.29. The molecule has 0 aliphatic carbocycles. The summed E-state index contributed by atoms with van der Waals surface area (Å²) in [6, 6.07) is 7.49. The standard InChI is InChI=1S/C13H10ClN3OS/c14-11-3-4-12(19-11)17-8-16-13(10(17)7-18)9-2-1-5-15-6-9/h1-6,8,18H,7H2. The number of nitrogens with zero attached hydrogens (tertiary/aromatic N) is 3. The summed E-state index contributed by atoms with van der Waals surface area (Å²) in [5.74, 6) is 0. The lowest BCUT2D eigenvalue weighted by Gasteiger charge is -2.05. The third-order valence-electron chi connectivity index (χ3n) is 2.75. The molecule has 0 fully saturated rings.